The average molecular weight is 348 g/mol. The largest absolute Gasteiger partial charge is 0.347 e. The molecular weight excluding hydrogens is 328 g/mol. The molecule has 1 N–H and O–H groups in total. The summed E-state index contributed by atoms with van der Waals surface area (Å²) in [5.74, 6) is 0.335. The summed E-state index contributed by atoms with van der Waals surface area (Å²) >= 11 is 0. The zero-order valence-electron chi connectivity index (χ0n) is 14.4. The zero-order chi connectivity index (χ0) is 17.7. The first-order valence-electron chi connectivity index (χ1n) is 9.08. The molecule has 1 amide bonds. The van der Waals surface area contributed by atoms with E-state index >= 15 is 0 Å². The van der Waals surface area contributed by atoms with E-state index in [-0.39, 0.29) is 17.0 Å². The van der Waals surface area contributed by atoms with Crippen molar-refractivity contribution in [3.8, 4) is 0 Å². The zero-order valence-corrected chi connectivity index (χ0v) is 14.4. The van der Waals surface area contributed by atoms with E-state index in [1.807, 2.05) is 11.0 Å². The van der Waals surface area contributed by atoms with Crippen molar-refractivity contribution in [1.82, 2.24) is 19.5 Å². The standard InChI is InChI=1S/C20H20N4O2/c25-18(15-8-4-11-24-17(15)21-22-19(24)26)23-12-16(14-6-2-1-3-7-14)20(13-23)9-5-10-20/h1-4,6-8,11,16H,5,9-10,12-13H2,(H,22,26)/t16-/m1/s1. The molecular formula is C20H20N4O2. The number of nitrogens with one attached hydrogen (secondary N) is 1. The molecule has 2 aromatic heterocycles. The Morgan fingerprint density at radius 1 is 1.15 bits per heavy atom. The first-order chi connectivity index (χ1) is 12.7. The second kappa shape index (κ2) is 5.56. The van der Waals surface area contributed by atoms with E-state index in [1.54, 1.807) is 18.3 Å². The van der Waals surface area contributed by atoms with Gasteiger partial charge in [0, 0.05) is 25.2 Å². The highest BCUT2D eigenvalue weighted by Gasteiger charge is 2.52. The molecule has 132 valence electrons. The van der Waals surface area contributed by atoms with Crippen molar-refractivity contribution in [2.24, 2.45) is 5.41 Å². The number of hydrogen-bond donors (Lipinski definition) is 1. The molecule has 0 unspecified atom stereocenters. The summed E-state index contributed by atoms with van der Waals surface area (Å²) in [4.78, 5) is 27.0. The quantitative estimate of drug-likeness (QED) is 0.773. The van der Waals surface area contributed by atoms with Crippen LogP contribution in [0.1, 0.15) is 41.1 Å². The number of aromatic nitrogens is 3. The highest BCUT2D eigenvalue weighted by molar-refractivity contribution is 6.00. The van der Waals surface area contributed by atoms with Crippen LogP contribution in [0.15, 0.2) is 53.5 Å². The van der Waals surface area contributed by atoms with E-state index in [4.69, 9.17) is 0 Å². The summed E-state index contributed by atoms with van der Waals surface area (Å²) in [5.41, 5.74) is 2.07. The summed E-state index contributed by atoms with van der Waals surface area (Å²) in [6.07, 6.45) is 5.20. The fourth-order valence-corrected chi connectivity index (χ4v) is 4.68. The molecule has 6 nitrogen and oxygen atoms in total. The number of rotatable bonds is 2. The number of amides is 1. The van der Waals surface area contributed by atoms with Crippen molar-refractivity contribution in [2.45, 2.75) is 25.2 Å². The van der Waals surface area contributed by atoms with Gasteiger partial charge in [-0.3, -0.25) is 4.79 Å². The Bertz CT molecular complexity index is 1030. The highest BCUT2D eigenvalue weighted by Crippen LogP contribution is 2.55. The molecule has 5 rings (SSSR count). The van der Waals surface area contributed by atoms with Crippen molar-refractivity contribution < 1.29 is 4.79 Å². The van der Waals surface area contributed by atoms with Gasteiger partial charge in [0.1, 0.15) is 0 Å². The van der Waals surface area contributed by atoms with Crippen LogP contribution in [0.2, 0.25) is 0 Å². The fraction of sp³-hybridized carbons (Fsp3) is 0.350. The van der Waals surface area contributed by atoms with Gasteiger partial charge in [0.05, 0.1) is 5.56 Å². The Morgan fingerprint density at radius 2 is 1.96 bits per heavy atom. The monoisotopic (exact) mass is 348 g/mol. The van der Waals surface area contributed by atoms with Crippen molar-refractivity contribution >= 4 is 11.6 Å². The van der Waals surface area contributed by atoms with E-state index in [9.17, 15) is 9.59 Å². The summed E-state index contributed by atoms with van der Waals surface area (Å²) in [6.45, 7) is 1.50. The highest BCUT2D eigenvalue weighted by atomic mass is 16.2. The van der Waals surface area contributed by atoms with Gasteiger partial charge in [0.2, 0.25) is 0 Å². The van der Waals surface area contributed by atoms with Crippen LogP contribution in [0.25, 0.3) is 5.65 Å². The van der Waals surface area contributed by atoms with Crippen LogP contribution in [-0.2, 0) is 0 Å². The van der Waals surface area contributed by atoms with E-state index in [0.29, 0.717) is 17.1 Å². The summed E-state index contributed by atoms with van der Waals surface area (Å²) in [6, 6.07) is 14.0. The number of nitrogens with zero attached hydrogens (tertiary/aromatic N) is 3. The van der Waals surface area contributed by atoms with Gasteiger partial charge in [0.15, 0.2) is 5.65 Å². The van der Waals surface area contributed by atoms with E-state index in [0.717, 1.165) is 13.1 Å². The molecule has 6 heteroatoms. The van der Waals surface area contributed by atoms with Gasteiger partial charge in [0.25, 0.3) is 5.91 Å². The number of aromatic amines is 1. The van der Waals surface area contributed by atoms with Crippen molar-refractivity contribution in [2.75, 3.05) is 13.1 Å². The molecule has 1 saturated carbocycles. The molecule has 3 aromatic rings. The molecule has 1 aromatic carbocycles. The Balaban J connectivity index is 1.51. The van der Waals surface area contributed by atoms with Gasteiger partial charge in [-0.05, 0) is 36.0 Å². The van der Waals surface area contributed by atoms with Crippen LogP contribution < -0.4 is 5.69 Å². The summed E-state index contributed by atoms with van der Waals surface area (Å²) < 4.78 is 1.39. The lowest BCUT2D eigenvalue weighted by Crippen LogP contribution is -2.37. The predicted molar refractivity (Wildman–Crippen MR) is 97.2 cm³/mol. The third-order valence-corrected chi connectivity index (χ3v) is 6.16. The fourth-order valence-electron chi connectivity index (χ4n) is 4.68. The molecule has 1 atom stereocenters. The van der Waals surface area contributed by atoms with Crippen molar-refractivity contribution in [3.05, 3.63) is 70.3 Å². The number of H-pyrrole nitrogens is 1. The number of pyridine rings is 1. The number of benzene rings is 1. The van der Waals surface area contributed by atoms with Gasteiger partial charge in [-0.1, -0.05) is 36.8 Å². The maximum absolute atomic E-state index is 13.2. The normalized spacial score (nSPS) is 21.2. The molecule has 3 heterocycles. The first kappa shape index (κ1) is 15.4. The van der Waals surface area contributed by atoms with Crippen LogP contribution in [-0.4, -0.2) is 38.5 Å². The Labute approximate surface area is 150 Å². The van der Waals surface area contributed by atoms with Crippen LogP contribution in [0.3, 0.4) is 0 Å². The van der Waals surface area contributed by atoms with Gasteiger partial charge < -0.3 is 4.90 Å². The lowest BCUT2D eigenvalue weighted by molar-refractivity contribution is 0.0726. The summed E-state index contributed by atoms with van der Waals surface area (Å²) in [5, 5.41) is 6.46. The molecule has 0 bridgehead atoms. The lowest BCUT2D eigenvalue weighted by Gasteiger charge is -2.43. The maximum Gasteiger partial charge on any atom is 0.347 e. The number of fused-ring (bicyclic) bond motifs is 1. The molecule has 1 spiro atoms. The molecule has 2 aliphatic rings. The first-order valence-corrected chi connectivity index (χ1v) is 9.08. The molecule has 26 heavy (non-hydrogen) atoms. The number of carbonyl (C=O) groups excluding carboxylic acids is 1. The SMILES string of the molecule is O=C(c1cccn2c(=O)[nH]nc12)N1C[C@H](c2ccccc2)C2(CCC2)C1. The number of hydrogen-bond acceptors (Lipinski definition) is 3. The van der Waals surface area contributed by atoms with Crippen LogP contribution in [0, 0.1) is 5.41 Å². The average Bonchev–Trinajstić information content (AvgIpc) is 3.23. The third kappa shape index (κ3) is 2.14. The van der Waals surface area contributed by atoms with Crippen molar-refractivity contribution in [1.29, 1.82) is 0 Å². The predicted octanol–water partition coefficient (Wildman–Crippen LogP) is 2.43. The Morgan fingerprint density at radius 3 is 2.69 bits per heavy atom. The molecule has 1 saturated heterocycles. The van der Waals surface area contributed by atoms with Gasteiger partial charge >= 0.3 is 5.69 Å². The number of likely N-dealkylation sites (tertiary alicyclic amines) is 1. The lowest BCUT2D eigenvalue weighted by atomic mass is 9.61. The smallest absolute Gasteiger partial charge is 0.337 e. The molecule has 1 aliphatic heterocycles. The van der Waals surface area contributed by atoms with Gasteiger partial charge in [-0.15, -0.1) is 0 Å². The molecule has 0 radical (unpaired) electrons. The van der Waals surface area contributed by atoms with E-state index in [1.165, 1.54) is 29.2 Å². The van der Waals surface area contributed by atoms with Gasteiger partial charge in [-0.25, -0.2) is 14.3 Å². The second-order valence-corrected chi connectivity index (χ2v) is 7.51. The molecule has 2 fully saturated rings. The summed E-state index contributed by atoms with van der Waals surface area (Å²) in [7, 11) is 0. The van der Waals surface area contributed by atoms with Crippen LogP contribution in [0.5, 0.6) is 0 Å². The second-order valence-electron chi connectivity index (χ2n) is 7.51. The van der Waals surface area contributed by atoms with E-state index < -0.39 is 0 Å². The minimum atomic E-state index is -0.325. The van der Waals surface area contributed by atoms with Gasteiger partial charge in [-0.2, -0.15) is 5.10 Å². The topological polar surface area (TPSA) is 70.5 Å². The minimum absolute atomic E-state index is 0.0423. The minimum Gasteiger partial charge on any atom is -0.337 e. The molecule has 1 aliphatic carbocycles. The third-order valence-electron chi connectivity index (χ3n) is 6.16. The Kier molecular flexibility index (Phi) is 3.29. The van der Waals surface area contributed by atoms with Crippen molar-refractivity contribution in [3.63, 3.8) is 0 Å². The van der Waals surface area contributed by atoms with Crippen LogP contribution >= 0.6 is 0 Å². The van der Waals surface area contributed by atoms with Crippen LogP contribution in [0.4, 0.5) is 0 Å². The maximum atomic E-state index is 13.2. The number of carbonyl (C=O) groups is 1. The Hall–Kier alpha value is -2.89. The van der Waals surface area contributed by atoms with E-state index in [2.05, 4.69) is 34.5 Å².